The first kappa shape index (κ1) is 12.5. The number of phenols is 1. The Labute approximate surface area is 95.5 Å². The summed E-state index contributed by atoms with van der Waals surface area (Å²) in [5.41, 5.74) is 6.81. The van der Waals surface area contributed by atoms with E-state index < -0.39 is 0 Å². The number of amides is 1. The molecule has 4 nitrogen and oxygen atoms in total. The Morgan fingerprint density at radius 1 is 1.44 bits per heavy atom. The van der Waals surface area contributed by atoms with Crippen LogP contribution in [0.3, 0.4) is 0 Å². The Bertz CT molecular complexity index is 364. The van der Waals surface area contributed by atoms with Gasteiger partial charge in [-0.1, -0.05) is 0 Å². The topological polar surface area (TPSA) is 75.4 Å². The molecule has 1 amide bonds. The van der Waals surface area contributed by atoms with Gasteiger partial charge in [0.1, 0.15) is 5.75 Å². The highest BCUT2D eigenvalue weighted by Crippen LogP contribution is 2.20. The lowest BCUT2D eigenvalue weighted by atomic mass is 10.2. The Morgan fingerprint density at radius 3 is 2.81 bits per heavy atom. The fourth-order valence-corrected chi connectivity index (χ4v) is 1.39. The van der Waals surface area contributed by atoms with Gasteiger partial charge in [0.15, 0.2) is 0 Å². The van der Waals surface area contributed by atoms with Gasteiger partial charge in [-0.3, -0.25) is 4.79 Å². The van der Waals surface area contributed by atoms with Crippen LogP contribution in [-0.2, 0) is 4.79 Å². The van der Waals surface area contributed by atoms with Gasteiger partial charge in [-0.2, -0.15) is 0 Å². The van der Waals surface area contributed by atoms with Gasteiger partial charge in [-0.15, -0.1) is 0 Å². The van der Waals surface area contributed by atoms with E-state index in [0.29, 0.717) is 18.7 Å². The summed E-state index contributed by atoms with van der Waals surface area (Å²) in [4.78, 5) is 11.5. The van der Waals surface area contributed by atoms with Crippen molar-refractivity contribution in [1.29, 1.82) is 0 Å². The number of nitrogens with one attached hydrogen (secondary N) is 1. The first-order valence-electron chi connectivity index (χ1n) is 5.43. The van der Waals surface area contributed by atoms with Gasteiger partial charge in [0, 0.05) is 12.1 Å². The Balaban J connectivity index is 2.46. The van der Waals surface area contributed by atoms with Crippen LogP contribution in [0.2, 0.25) is 0 Å². The standard InChI is InChI=1S/C12H18N2O2/c1-9-8-10(5-6-11(9)15)14-12(16)4-2-3-7-13/h5-6,8,15H,2-4,7,13H2,1H3,(H,14,16). The molecule has 0 aliphatic heterocycles. The van der Waals surface area contributed by atoms with Gasteiger partial charge in [0.2, 0.25) is 5.91 Å². The van der Waals surface area contributed by atoms with E-state index >= 15 is 0 Å². The third-order valence-electron chi connectivity index (χ3n) is 2.34. The average molecular weight is 222 g/mol. The lowest BCUT2D eigenvalue weighted by Gasteiger charge is -2.06. The summed E-state index contributed by atoms with van der Waals surface area (Å²) in [6, 6.07) is 5.00. The predicted molar refractivity (Wildman–Crippen MR) is 64.4 cm³/mol. The molecule has 0 atom stereocenters. The van der Waals surface area contributed by atoms with Crippen molar-refractivity contribution in [2.45, 2.75) is 26.2 Å². The van der Waals surface area contributed by atoms with Crippen molar-refractivity contribution in [3.63, 3.8) is 0 Å². The van der Waals surface area contributed by atoms with Crippen LogP contribution in [0.4, 0.5) is 5.69 Å². The number of nitrogens with two attached hydrogens (primary N) is 1. The molecular formula is C12H18N2O2. The van der Waals surface area contributed by atoms with E-state index in [1.165, 1.54) is 0 Å². The quantitative estimate of drug-likeness (QED) is 0.525. The Hall–Kier alpha value is -1.55. The van der Waals surface area contributed by atoms with Crippen molar-refractivity contribution in [3.05, 3.63) is 23.8 Å². The van der Waals surface area contributed by atoms with Crippen LogP contribution in [0.1, 0.15) is 24.8 Å². The molecule has 4 N–H and O–H groups in total. The molecule has 0 saturated carbocycles. The number of phenolic OH excluding ortho intramolecular Hbond substituents is 1. The summed E-state index contributed by atoms with van der Waals surface area (Å²) < 4.78 is 0. The SMILES string of the molecule is Cc1cc(NC(=O)CCCCN)ccc1O. The maximum Gasteiger partial charge on any atom is 0.224 e. The number of aryl methyl sites for hydroxylation is 1. The number of rotatable bonds is 5. The fourth-order valence-electron chi connectivity index (χ4n) is 1.39. The fraction of sp³-hybridized carbons (Fsp3) is 0.417. The largest absolute Gasteiger partial charge is 0.508 e. The zero-order chi connectivity index (χ0) is 12.0. The lowest BCUT2D eigenvalue weighted by molar-refractivity contribution is -0.116. The minimum absolute atomic E-state index is 0.0152. The van der Waals surface area contributed by atoms with E-state index in [9.17, 15) is 9.90 Å². The van der Waals surface area contributed by atoms with Crippen LogP contribution in [0.15, 0.2) is 18.2 Å². The zero-order valence-electron chi connectivity index (χ0n) is 9.49. The van der Waals surface area contributed by atoms with Crippen LogP contribution in [-0.4, -0.2) is 17.6 Å². The summed E-state index contributed by atoms with van der Waals surface area (Å²) in [6.07, 6.45) is 2.15. The Kier molecular flexibility index (Phi) is 4.79. The number of carbonyl (C=O) groups excluding carboxylic acids is 1. The molecule has 0 unspecified atom stereocenters. The summed E-state index contributed by atoms with van der Waals surface area (Å²) >= 11 is 0. The molecule has 1 aromatic rings. The summed E-state index contributed by atoms with van der Waals surface area (Å²) in [5, 5.41) is 12.1. The van der Waals surface area contributed by atoms with E-state index in [-0.39, 0.29) is 11.7 Å². The van der Waals surface area contributed by atoms with Crippen molar-refractivity contribution in [1.82, 2.24) is 0 Å². The second-order valence-electron chi connectivity index (χ2n) is 3.80. The maximum atomic E-state index is 11.5. The van der Waals surface area contributed by atoms with E-state index in [0.717, 1.165) is 18.4 Å². The normalized spacial score (nSPS) is 10.1. The highest BCUT2D eigenvalue weighted by molar-refractivity contribution is 5.90. The van der Waals surface area contributed by atoms with Gasteiger partial charge in [0.05, 0.1) is 0 Å². The molecule has 1 rings (SSSR count). The van der Waals surface area contributed by atoms with Crippen molar-refractivity contribution < 1.29 is 9.90 Å². The van der Waals surface area contributed by atoms with E-state index in [1.54, 1.807) is 25.1 Å². The van der Waals surface area contributed by atoms with Gasteiger partial charge < -0.3 is 16.2 Å². The molecule has 0 bridgehead atoms. The minimum atomic E-state index is -0.0152. The van der Waals surface area contributed by atoms with Crippen LogP contribution < -0.4 is 11.1 Å². The summed E-state index contributed by atoms with van der Waals surface area (Å²) in [6.45, 7) is 2.41. The zero-order valence-corrected chi connectivity index (χ0v) is 9.49. The number of hydrogen-bond donors (Lipinski definition) is 3. The van der Waals surface area contributed by atoms with Crippen molar-refractivity contribution >= 4 is 11.6 Å². The molecule has 1 aromatic carbocycles. The molecule has 88 valence electrons. The first-order valence-corrected chi connectivity index (χ1v) is 5.43. The molecule has 0 saturated heterocycles. The van der Waals surface area contributed by atoms with E-state index in [1.807, 2.05) is 0 Å². The molecule has 0 aliphatic rings. The molecule has 0 radical (unpaired) electrons. The third-order valence-corrected chi connectivity index (χ3v) is 2.34. The molecule has 0 aliphatic carbocycles. The molecule has 0 spiro atoms. The smallest absolute Gasteiger partial charge is 0.224 e. The second kappa shape index (κ2) is 6.12. The second-order valence-corrected chi connectivity index (χ2v) is 3.80. The van der Waals surface area contributed by atoms with Gasteiger partial charge in [-0.05, 0) is 50.1 Å². The van der Waals surface area contributed by atoms with E-state index in [4.69, 9.17) is 5.73 Å². The lowest BCUT2D eigenvalue weighted by Crippen LogP contribution is -2.12. The monoisotopic (exact) mass is 222 g/mol. The molecule has 0 aromatic heterocycles. The van der Waals surface area contributed by atoms with Crippen molar-refractivity contribution in [3.8, 4) is 5.75 Å². The van der Waals surface area contributed by atoms with Crippen molar-refractivity contribution in [2.24, 2.45) is 5.73 Å². The summed E-state index contributed by atoms with van der Waals surface area (Å²) in [5.74, 6) is 0.222. The van der Waals surface area contributed by atoms with Gasteiger partial charge >= 0.3 is 0 Å². The van der Waals surface area contributed by atoms with Crippen molar-refractivity contribution in [2.75, 3.05) is 11.9 Å². The molecule has 16 heavy (non-hydrogen) atoms. The van der Waals surface area contributed by atoms with Gasteiger partial charge in [-0.25, -0.2) is 0 Å². The van der Waals surface area contributed by atoms with E-state index in [2.05, 4.69) is 5.32 Å². The first-order chi connectivity index (χ1) is 7.63. The molecule has 0 fully saturated rings. The minimum Gasteiger partial charge on any atom is -0.508 e. The molecule has 0 heterocycles. The average Bonchev–Trinajstić information content (AvgIpc) is 2.24. The third kappa shape index (κ3) is 3.90. The number of unbranched alkanes of at least 4 members (excludes halogenated alkanes) is 1. The van der Waals surface area contributed by atoms with Crippen LogP contribution >= 0.6 is 0 Å². The number of hydrogen-bond acceptors (Lipinski definition) is 3. The van der Waals surface area contributed by atoms with Crippen LogP contribution in [0.25, 0.3) is 0 Å². The summed E-state index contributed by atoms with van der Waals surface area (Å²) in [7, 11) is 0. The highest BCUT2D eigenvalue weighted by atomic mass is 16.3. The van der Waals surface area contributed by atoms with Crippen LogP contribution in [0.5, 0.6) is 5.75 Å². The number of benzene rings is 1. The molecular weight excluding hydrogens is 204 g/mol. The molecule has 4 heteroatoms. The predicted octanol–water partition coefficient (Wildman–Crippen LogP) is 1.77. The number of carbonyl (C=O) groups is 1. The number of anilines is 1. The van der Waals surface area contributed by atoms with Gasteiger partial charge in [0.25, 0.3) is 0 Å². The Morgan fingerprint density at radius 2 is 2.19 bits per heavy atom. The van der Waals surface area contributed by atoms with Crippen LogP contribution in [0, 0.1) is 6.92 Å². The maximum absolute atomic E-state index is 11.5. The highest BCUT2D eigenvalue weighted by Gasteiger charge is 2.03. The number of aromatic hydroxyl groups is 1.